The number of rotatable bonds is 5. The van der Waals surface area contributed by atoms with Crippen molar-refractivity contribution in [2.24, 2.45) is 0 Å². The number of aryl methyl sites for hydroxylation is 1. The molecule has 1 fully saturated rings. The molecule has 138 valence electrons. The van der Waals surface area contributed by atoms with Gasteiger partial charge in [0.1, 0.15) is 5.82 Å². The zero-order chi connectivity index (χ0) is 17.9. The van der Waals surface area contributed by atoms with Crippen LogP contribution in [0.1, 0.15) is 25.8 Å². The molecular weight excluding hydrogens is 326 g/mol. The van der Waals surface area contributed by atoms with Crippen molar-refractivity contribution in [2.45, 2.75) is 38.8 Å². The molecule has 5 nitrogen and oxygen atoms in total. The normalized spacial score (nSPS) is 22.6. The number of piperazine rings is 1. The number of aromatic nitrogens is 1. The summed E-state index contributed by atoms with van der Waals surface area (Å²) >= 11 is 0. The van der Waals surface area contributed by atoms with E-state index in [0.29, 0.717) is 18.9 Å². The van der Waals surface area contributed by atoms with Crippen molar-refractivity contribution in [3.05, 3.63) is 48.2 Å². The Morgan fingerprint density at radius 3 is 2.62 bits per heavy atom. The van der Waals surface area contributed by atoms with Crippen molar-refractivity contribution in [3.8, 4) is 11.5 Å². The molecule has 5 heteroatoms. The van der Waals surface area contributed by atoms with E-state index in [1.165, 1.54) is 5.56 Å². The average molecular weight is 353 g/mol. The van der Waals surface area contributed by atoms with Gasteiger partial charge in [-0.15, -0.1) is 0 Å². The first-order valence-corrected chi connectivity index (χ1v) is 9.51. The Kier molecular flexibility index (Phi) is 4.98. The summed E-state index contributed by atoms with van der Waals surface area (Å²) in [5.74, 6) is 2.83. The van der Waals surface area contributed by atoms with Crippen molar-refractivity contribution >= 4 is 5.82 Å². The van der Waals surface area contributed by atoms with E-state index < -0.39 is 0 Å². The zero-order valence-corrected chi connectivity index (χ0v) is 15.6. The van der Waals surface area contributed by atoms with Crippen molar-refractivity contribution < 1.29 is 9.47 Å². The molecule has 2 aliphatic rings. The molecule has 0 N–H and O–H groups in total. The number of ether oxygens (including phenoxy) is 2. The van der Waals surface area contributed by atoms with Crippen LogP contribution in [0.3, 0.4) is 0 Å². The Balaban J connectivity index is 1.31. The van der Waals surface area contributed by atoms with Gasteiger partial charge in [0.05, 0.1) is 0 Å². The molecule has 2 unspecified atom stereocenters. The summed E-state index contributed by atoms with van der Waals surface area (Å²) in [6.07, 6.45) is 4.09. The third kappa shape index (κ3) is 3.63. The van der Waals surface area contributed by atoms with Crippen molar-refractivity contribution in [1.29, 1.82) is 0 Å². The fourth-order valence-electron chi connectivity index (χ4n) is 4.09. The third-order valence-corrected chi connectivity index (χ3v) is 5.39. The van der Waals surface area contributed by atoms with Gasteiger partial charge in [0.25, 0.3) is 0 Å². The predicted octanol–water partition coefficient (Wildman–Crippen LogP) is 3.34. The van der Waals surface area contributed by atoms with Crippen molar-refractivity contribution in [1.82, 2.24) is 9.88 Å². The van der Waals surface area contributed by atoms with E-state index in [2.05, 4.69) is 52.9 Å². The Morgan fingerprint density at radius 1 is 1.04 bits per heavy atom. The van der Waals surface area contributed by atoms with Crippen LogP contribution < -0.4 is 14.4 Å². The minimum atomic E-state index is 0.342. The molecule has 0 amide bonds. The number of benzene rings is 1. The van der Waals surface area contributed by atoms with E-state index in [1.54, 1.807) is 0 Å². The number of anilines is 1. The van der Waals surface area contributed by atoms with Crippen LogP contribution in [0.25, 0.3) is 0 Å². The Labute approximate surface area is 155 Å². The van der Waals surface area contributed by atoms with Gasteiger partial charge < -0.3 is 14.4 Å². The summed E-state index contributed by atoms with van der Waals surface area (Å²) in [5, 5.41) is 0. The molecule has 0 aliphatic carbocycles. The van der Waals surface area contributed by atoms with Crippen LogP contribution in [-0.4, -0.2) is 48.4 Å². The molecule has 2 aromatic rings. The molecule has 2 atom stereocenters. The highest BCUT2D eigenvalue weighted by Gasteiger charge is 2.29. The van der Waals surface area contributed by atoms with Crippen LogP contribution in [0.15, 0.2) is 42.6 Å². The number of nitrogens with zero attached hydrogens (tertiary/aromatic N) is 3. The molecule has 0 bridgehead atoms. The van der Waals surface area contributed by atoms with Gasteiger partial charge in [-0.2, -0.15) is 0 Å². The fourth-order valence-corrected chi connectivity index (χ4v) is 4.09. The van der Waals surface area contributed by atoms with Gasteiger partial charge in [-0.1, -0.05) is 12.1 Å². The third-order valence-electron chi connectivity index (χ3n) is 5.39. The first kappa shape index (κ1) is 17.2. The number of hydrogen-bond donors (Lipinski definition) is 0. The van der Waals surface area contributed by atoms with Crippen molar-refractivity contribution in [3.63, 3.8) is 0 Å². The van der Waals surface area contributed by atoms with Crippen LogP contribution in [0, 0.1) is 0 Å². The standard InChI is InChI=1S/C21H27N3O2/c1-16-13-23(21-7-3-4-10-22-21)14-17(2)24(16)11-5-6-18-8-9-19-20(12-18)26-15-25-19/h3-4,7-10,12,16-17H,5-6,11,13-15H2,1-2H3. The summed E-state index contributed by atoms with van der Waals surface area (Å²) in [7, 11) is 0. The molecular formula is C21H27N3O2. The minimum absolute atomic E-state index is 0.342. The molecule has 0 spiro atoms. The highest BCUT2D eigenvalue weighted by Crippen LogP contribution is 2.32. The maximum Gasteiger partial charge on any atom is 0.231 e. The lowest BCUT2D eigenvalue weighted by Crippen LogP contribution is -2.57. The number of fused-ring (bicyclic) bond motifs is 1. The van der Waals surface area contributed by atoms with Crippen LogP contribution in [0.4, 0.5) is 5.82 Å². The average Bonchev–Trinajstić information content (AvgIpc) is 3.12. The molecule has 1 saturated heterocycles. The zero-order valence-electron chi connectivity index (χ0n) is 15.6. The largest absolute Gasteiger partial charge is 0.454 e. The molecule has 2 aliphatic heterocycles. The second-order valence-electron chi connectivity index (χ2n) is 7.32. The van der Waals surface area contributed by atoms with Gasteiger partial charge in [0, 0.05) is 31.4 Å². The fraction of sp³-hybridized carbons (Fsp3) is 0.476. The summed E-state index contributed by atoms with van der Waals surface area (Å²) in [5.41, 5.74) is 1.32. The Hall–Kier alpha value is -2.27. The quantitative estimate of drug-likeness (QED) is 0.824. The smallest absolute Gasteiger partial charge is 0.231 e. The highest BCUT2D eigenvalue weighted by molar-refractivity contribution is 5.44. The van der Waals surface area contributed by atoms with E-state index in [1.807, 2.05) is 18.3 Å². The molecule has 0 radical (unpaired) electrons. The van der Waals surface area contributed by atoms with E-state index >= 15 is 0 Å². The van der Waals surface area contributed by atoms with Crippen LogP contribution >= 0.6 is 0 Å². The van der Waals surface area contributed by atoms with E-state index in [4.69, 9.17) is 9.47 Å². The molecule has 26 heavy (non-hydrogen) atoms. The topological polar surface area (TPSA) is 37.8 Å². The lowest BCUT2D eigenvalue weighted by molar-refractivity contribution is 0.130. The van der Waals surface area contributed by atoms with Gasteiger partial charge in [-0.05, 0) is 63.1 Å². The maximum atomic E-state index is 5.48. The number of pyridine rings is 1. The Morgan fingerprint density at radius 2 is 1.85 bits per heavy atom. The first-order chi connectivity index (χ1) is 12.7. The van der Waals surface area contributed by atoms with Crippen LogP contribution in [0.5, 0.6) is 11.5 Å². The lowest BCUT2D eigenvalue weighted by Gasteiger charge is -2.45. The predicted molar refractivity (Wildman–Crippen MR) is 103 cm³/mol. The molecule has 1 aromatic heterocycles. The summed E-state index contributed by atoms with van der Waals surface area (Å²) < 4.78 is 10.9. The second-order valence-corrected chi connectivity index (χ2v) is 7.32. The summed E-state index contributed by atoms with van der Waals surface area (Å²) in [6, 6.07) is 13.5. The molecule has 1 aromatic carbocycles. The van der Waals surface area contributed by atoms with Gasteiger partial charge in [0.2, 0.25) is 6.79 Å². The minimum Gasteiger partial charge on any atom is -0.454 e. The second kappa shape index (κ2) is 7.54. The highest BCUT2D eigenvalue weighted by atomic mass is 16.7. The van der Waals surface area contributed by atoms with Crippen molar-refractivity contribution in [2.75, 3.05) is 31.3 Å². The summed E-state index contributed by atoms with van der Waals surface area (Å²) in [4.78, 5) is 9.55. The first-order valence-electron chi connectivity index (χ1n) is 9.51. The van der Waals surface area contributed by atoms with Crippen LogP contribution in [0.2, 0.25) is 0 Å². The SMILES string of the molecule is CC1CN(c2ccccn2)CC(C)N1CCCc1ccc2c(c1)OCO2. The van der Waals surface area contributed by atoms with Crippen LogP contribution in [-0.2, 0) is 6.42 Å². The monoisotopic (exact) mass is 353 g/mol. The number of hydrogen-bond acceptors (Lipinski definition) is 5. The summed E-state index contributed by atoms with van der Waals surface area (Å²) in [6.45, 7) is 8.18. The van der Waals surface area contributed by atoms with Gasteiger partial charge in [0.15, 0.2) is 11.5 Å². The van der Waals surface area contributed by atoms with E-state index in [0.717, 1.165) is 49.8 Å². The molecule has 4 rings (SSSR count). The van der Waals surface area contributed by atoms with E-state index in [-0.39, 0.29) is 0 Å². The molecule has 0 saturated carbocycles. The van der Waals surface area contributed by atoms with E-state index in [9.17, 15) is 0 Å². The van der Waals surface area contributed by atoms with Gasteiger partial charge in [-0.25, -0.2) is 4.98 Å². The van der Waals surface area contributed by atoms with Gasteiger partial charge in [-0.3, -0.25) is 4.90 Å². The van der Waals surface area contributed by atoms with Gasteiger partial charge >= 0.3 is 0 Å². The maximum absolute atomic E-state index is 5.48. The molecule has 3 heterocycles. The lowest BCUT2D eigenvalue weighted by atomic mass is 10.0. The Bertz CT molecular complexity index is 725.